The molecule has 3 aromatic rings. The number of rotatable bonds is 6. The molecule has 1 aromatic carbocycles. The van der Waals surface area contributed by atoms with Crippen molar-refractivity contribution in [2.24, 2.45) is 5.73 Å². The van der Waals surface area contributed by atoms with Crippen molar-refractivity contribution in [3.8, 4) is 0 Å². The van der Waals surface area contributed by atoms with Crippen LogP contribution >= 0.6 is 0 Å². The van der Waals surface area contributed by atoms with Gasteiger partial charge in [-0.15, -0.1) is 0 Å². The van der Waals surface area contributed by atoms with Gasteiger partial charge in [-0.25, -0.2) is 9.37 Å². The van der Waals surface area contributed by atoms with Gasteiger partial charge in [-0.1, -0.05) is 12.1 Å². The number of amides is 1. The lowest BCUT2D eigenvalue weighted by Crippen LogP contribution is -2.38. The number of hydrogen-bond acceptors (Lipinski definition) is 4. The zero-order valence-corrected chi connectivity index (χ0v) is 17.2. The first kappa shape index (κ1) is 20.5. The lowest BCUT2D eigenvalue weighted by Gasteiger charge is -2.32. The average molecular weight is 410 g/mol. The summed E-state index contributed by atoms with van der Waals surface area (Å²) in [6, 6.07) is 8.87. The molecule has 0 unspecified atom stereocenters. The molecule has 30 heavy (non-hydrogen) atoms. The number of carbonyl (C=O) groups excluding carboxylic acids is 1. The van der Waals surface area contributed by atoms with Crippen LogP contribution in [0.15, 0.2) is 42.7 Å². The average Bonchev–Trinajstić information content (AvgIpc) is 3.16. The number of fused-ring (bicyclic) bond motifs is 1. The fourth-order valence-corrected chi connectivity index (χ4v) is 4.25. The van der Waals surface area contributed by atoms with Crippen LogP contribution in [0.3, 0.4) is 0 Å². The van der Waals surface area contributed by atoms with Crippen LogP contribution < -0.4 is 5.73 Å². The van der Waals surface area contributed by atoms with E-state index in [1.807, 2.05) is 33.9 Å². The summed E-state index contributed by atoms with van der Waals surface area (Å²) in [5, 5.41) is 0.849. The van der Waals surface area contributed by atoms with E-state index in [9.17, 15) is 9.18 Å². The van der Waals surface area contributed by atoms with Crippen molar-refractivity contribution in [1.82, 2.24) is 14.5 Å². The number of methoxy groups -OCH3 is 1. The maximum Gasteiger partial charge on any atom is 0.256 e. The molecular weight excluding hydrogens is 383 g/mol. The molecule has 0 bridgehead atoms. The summed E-state index contributed by atoms with van der Waals surface area (Å²) in [5.41, 5.74) is 8.80. The van der Waals surface area contributed by atoms with Crippen molar-refractivity contribution in [1.29, 1.82) is 0 Å². The third-order valence-corrected chi connectivity index (χ3v) is 5.92. The number of aromatic nitrogens is 2. The van der Waals surface area contributed by atoms with Crippen molar-refractivity contribution < 1.29 is 13.9 Å². The Labute approximate surface area is 175 Å². The van der Waals surface area contributed by atoms with Gasteiger partial charge in [0.2, 0.25) is 0 Å². The molecule has 2 aromatic heterocycles. The summed E-state index contributed by atoms with van der Waals surface area (Å²) < 4.78 is 21.5. The highest BCUT2D eigenvalue weighted by molar-refractivity contribution is 6.06. The van der Waals surface area contributed by atoms with Gasteiger partial charge in [0.05, 0.1) is 12.2 Å². The Bertz CT molecular complexity index is 1040. The highest BCUT2D eigenvalue weighted by Crippen LogP contribution is 2.32. The molecular formula is C23H27FN4O2. The summed E-state index contributed by atoms with van der Waals surface area (Å²) in [5.74, 6) is -0.0895. The zero-order valence-electron chi connectivity index (χ0n) is 17.2. The summed E-state index contributed by atoms with van der Waals surface area (Å²) in [4.78, 5) is 19.6. The first-order chi connectivity index (χ1) is 14.6. The van der Waals surface area contributed by atoms with E-state index in [2.05, 4.69) is 4.98 Å². The maximum atomic E-state index is 14.3. The molecule has 4 rings (SSSR count). The lowest BCUT2D eigenvalue weighted by atomic mass is 9.88. The van der Waals surface area contributed by atoms with Crippen molar-refractivity contribution in [3.05, 3.63) is 65.2 Å². The Balaban J connectivity index is 1.51. The molecule has 1 amide bonds. The van der Waals surface area contributed by atoms with Gasteiger partial charge in [0.25, 0.3) is 5.91 Å². The number of ether oxygens (including phenoxy) is 1. The topological polar surface area (TPSA) is 73.4 Å². The van der Waals surface area contributed by atoms with Gasteiger partial charge in [-0.2, -0.15) is 0 Å². The predicted molar refractivity (Wildman–Crippen MR) is 114 cm³/mol. The summed E-state index contributed by atoms with van der Waals surface area (Å²) in [6.07, 6.45) is 5.07. The molecule has 1 saturated heterocycles. The molecule has 6 nitrogen and oxygen atoms in total. The first-order valence-corrected chi connectivity index (χ1v) is 10.3. The van der Waals surface area contributed by atoms with Crippen molar-refractivity contribution in [2.45, 2.75) is 31.8 Å². The van der Waals surface area contributed by atoms with E-state index >= 15 is 0 Å². The van der Waals surface area contributed by atoms with Gasteiger partial charge >= 0.3 is 0 Å². The summed E-state index contributed by atoms with van der Waals surface area (Å²) in [6.45, 7) is 2.77. The molecule has 1 fully saturated rings. The van der Waals surface area contributed by atoms with E-state index in [0.717, 1.165) is 29.4 Å². The number of hydrogen-bond donors (Lipinski definition) is 1. The molecule has 1 aliphatic heterocycles. The molecule has 1 aliphatic rings. The van der Waals surface area contributed by atoms with Gasteiger partial charge in [0.15, 0.2) is 0 Å². The molecule has 0 spiro atoms. The van der Waals surface area contributed by atoms with Gasteiger partial charge in [-0.05, 0) is 48.1 Å². The summed E-state index contributed by atoms with van der Waals surface area (Å²) >= 11 is 0. The van der Waals surface area contributed by atoms with Gasteiger partial charge in [-0.3, -0.25) is 4.79 Å². The number of carbonyl (C=O) groups is 1. The Morgan fingerprint density at radius 2 is 2.10 bits per heavy atom. The number of halogens is 1. The number of benzene rings is 1. The fraction of sp³-hybridized carbons (Fsp3) is 0.391. The van der Waals surface area contributed by atoms with E-state index < -0.39 is 0 Å². The Morgan fingerprint density at radius 1 is 1.30 bits per heavy atom. The van der Waals surface area contributed by atoms with E-state index in [-0.39, 0.29) is 17.6 Å². The summed E-state index contributed by atoms with van der Waals surface area (Å²) in [7, 11) is 1.65. The second-order valence-electron chi connectivity index (χ2n) is 7.73. The zero-order chi connectivity index (χ0) is 21.1. The predicted octanol–water partition coefficient (Wildman–Crippen LogP) is 3.30. The smallest absolute Gasteiger partial charge is 0.256 e. The van der Waals surface area contributed by atoms with Crippen LogP contribution in [0.4, 0.5) is 4.39 Å². The van der Waals surface area contributed by atoms with Crippen molar-refractivity contribution >= 4 is 16.9 Å². The normalized spacial score (nSPS) is 15.1. The van der Waals surface area contributed by atoms with E-state index in [0.29, 0.717) is 43.9 Å². The van der Waals surface area contributed by atoms with Crippen molar-refractivity contribution in [3.63, 3.8) is 0 Å². The Kier molecular flexibility index (Phi) is 6.11. The number of pyridine rings is 1. The van der Waals surface area contributed by atoms with Crippen LogP contribution in [-0.4, -0.2) is 47.2 Å². The van der Waals surface area contributed by atoms with E-state index in [4.69, 9.17) is 10.5 Å². The standard InChI is InChI=1S/C23H27FN4O2/c1-30-12-11-28-15-20(18-3-2-8-26-22(18)28)23(29)27-9-6-17(7-10-27)19-13-16(14-25)4-5-21(19)24/h2-5,8,13,15,17H,6-7,9-12,14,25H2,1H3. The molecule has 0 aliphatic carbocycles. The maximum absolute atomic E-state index is 14.3. The van der Waals surface area contributed by atoms with Crippen LogP contribution in [0, 0.1) is 5.82 Å². The molecule has 0 saturated carbocycles. The molecule has 158 valence electrons. The fourth-order valence-electron chi connectivity index (χ4n) is 4.25. The molecule has 0 radical (unpaired) electrons. The lowest BCUT2D eigenvalue weighted by molar-refractivity contribution is 0.0714. The number of likely N-dealkylation sites (tertiary alicyclic amines) is 1. The molecule has 0 atom stereocenters. The van der Waals surface area contributed by atoms with Crippen LogP contribution in [0.2, 0.25) is 0 Å². The minimum Gasteiger partial charge on any atom is -0.383 e. The molecule has 3 heterocycles. The van der Waals surface area contributed by atoms with Gasteiger partial charge < -0.3 is 19.9 Å². The second kappa shape index (κ2) is 8.93. The highest BCUT2D eigenvalue weighted by Gasteiger charge is 2.28. The largest absolute Gasteiger partial charge is 0.383 e. The number of piperidine rings is 1. The minimum absolute atomic E-state index is 0.00111. The van der Waals surface area contributed by atoms with E-state index in [1.165, 1.54) is 6.07 Å². The van der Waals surface area contributed by atoms with Crippen LogP contribution in [0.5, 0.6) is 0 Å². The third kappa shape index (κ3) is 3.95. The SMILES string of the molecule is COCCn1cc(C(=O)N2CCC(c3cc(CN)ccc3F)CC2)c2cccnc21. The van der Waals surface area contributed by atoms with Crippen LogP contribution in [-0.2, 0) is 17.8 Å². The van der Waals surface area contributed by atoms with Crippen molar-refractivity contribution in [2.75, 3.05) is 26.8 Å². The Hall–Kier alpha value is -2.77. The Morgan fingerprint density at radius 3 is 2.83 bits per heavy atom. The molecule has 2 N–H and O–H groups in total. The first-order valence-electron chi connectivity index (χ1n) is 10.3. The van der Waals surface area contributed by atoms with E-state index in [1.54, 1.807) is 19.4 Å². The molecule has 7 heteroatoms. The second-order valence-corrected chi connectivity index (χ2v) is 7.73. The number of nitrogens with two attached hydrogens (primary N) is 1. The van der Waals surface area contributed by atoms with Crippen LogP contribution in [0.25, 0.3) is 11.0 Å². The third-order valence-electron chi connectivity index (χ3n) is 5.92. The highest BCUT2D eigenvalue weighted by atomic mass is 19.1. The van der Waals surface area contributed by atoms with Crippen LogP contribution in [0.1, 0.15) is 40.2 Å². The number of nitrogens with zero attached hydrogens (tertiary/aromatic N) is 3. The monoisotopic (exact) mass is 410 g/mol. The minimum atomic E-state index is -0.190. The van der Waals surface area contributed by atoms with Gasteiger partial charge in [0.1, 0.15) is 11.5 Å². The quantitative estimate of drug-likeness (QED) is 0.677. The van der Waals surface area contributed by atoms with Gasteiger partial charge in [0, 0.05) is 51.1 Å².